The van der Waals surface area contributed by atoms with Gasteiger partial charge < -0.3 is 5.32 Å². The molecule has 17 heavy (non-hydrogen) atoms. The average Bonchev–Trinajstić information content (AvgIpc) is 2.14. The molecular formula is C13H22BrN3. The Morgan fingerprint density at radius 1 is 1.29 bits per heavy atom. The third kappa shape index (κ3) is 5.48. The molecule has 0 spiro atoms. The van der Waals surface area contributed by atoms with Crippen LogP contribution in [0.15, 0.2) is 10.7 Å². The zero-order valence-electron chi connectivity index (χ0n) is 11.1. The highest BCUT2D eigenvalue weighted by molar-refractivity contribution is 9.10. The predicted octanol–water partition coefficient (Wildman–Crippen LogP) is 4.04. The van der Waals surface area contributed by atoms with E-state index < -0.39 is 0 Å². The van der Waals surface area contributed by atoms with Gasteiger partial charge in [-0.05, 0) is 41.6 Å². The van der Waals surface area contributed by atoms with E-state index in [1.807, 2.05) is 6.07 Å². The van der Waals surface area contributed by atoms with Gasteiger partial charge in [-0.3, -0.25) is 0 Å². The summed E-state index contributed by atoms with van der Waals surface area (Å²) < 4.78 is 0.857. The van der Waals surface area contributed by atoms with E-state index in [0.717, 1.165) is 35.5 Å². The standard InChI is InChI=1S/C13H22BrN3/c1-5-6-12-16-11(14)8-13(17-12)15-10(4)7-9(2)3/h8-10H,5-7H2,1-4H3,(H,15,16,17). The van der Waals surface area contributed by atoms with Crippen LogP contribution in [-0.2, 0) is 6.42 Å². The Balaban J connectivity index is 2.69. The van der Waals surface area contributed by atoms with Crippen molar-refractivity contribution in [3.8, 4) is 0 Å². The number of anilines is 1. The Labute approximate surface area is 113 Å². The van der Waals surface area contributed by atoms with E-state index in [9.17, 15) is 0 Å². The lowest BCUT2D eigenvalue weighted by molar-refractivity contribution is 0.538. The van der Waals surface area contributed by atoms with E-state index in [1.54, 1.807) is 0 Å². The van der Waals surface area contributed by atoms with Crippen LogP contribution in [0.25, 0.3) is 0 Å². The van der Waals surface area contributed by atoms with Gasteiger partial charge >= 0.3 is 0 Å². The normalized spacial score (nSPS) is 12.8. The van der Waals surface area contributed by atoms with E-state index >= 15 is 0 Å². The van der Waals surface area contributed by atoms with Crippen molar-refractivity contribution in [3.63, 3.8) is 0 Å². The summed E-state index contributed by atoms with van der Waals surface area (Å²) in [6.07, 6.45) is 3.13. The second kappa shape index (κ2) is 6.94. The molecule has 1 unspecified atom stereocenters. The van der Waals surface area contributed by atoms with Crippen molar-refractivity contribution in [1.29, 1.82) is 0 Å². The van der Waals surface area contributed by atoms with E-state index in [2.05, 4.69) is 58.9 Å². The molecular weight excluding hydrogens is 278 g/mol. The predicted molar refractivity (Wildman–Crippen MR) is 76.3 cm³/mol. The van der Waals surface area contributed by atoms with Gasteiger partial charge in [0.05, 0.1) is 0 Å². The summed E-state index contributed by atoms with van der Waals surface area (Å²) >= 11 is 3.43. The van der Waals surface area contributed by atoms with Crippen LogP contribution in [0, 0.1) is 5.92 Å². The molecule has 0 saturated carbocycles. The first kappa shape index (κ1) is 14.4. The molecule has 0 aliphatic rings. The summed E-state index contributed by atoms with van der Waals surface area (Å²) in [4.78, 5) is 8.88. The lowest BCUT2D eigenvalue weighted by Crippen LogP contribution is -2.18. The molecule has 0 aliphatic carbocycles. The monoisotopic (exact) mass is 299 g/mol. The molecule has 1 aromatic rings. The molecule has 0 aromatic carbocycles. The molecule has 0 radical (unpaired) electrons. The highest BCUT2D eigenvalue weighted by Crippen LogP contribution is 2.16. The minimum Gasteiger partial charge on any atom is -0.367 e. The number of hydrogen-bond acceptors (Lipinski definition) is 3. The van der Waals surface area contributed by atoms with Crippen LogP contribution in [-0.4, -0.2) is 16.0 Å². The first-order valence-corrected chi connectivity index (χ1v) is 7.10. The van der Waals surface area contributed by atoms with Gasteiger partial charge in [0.1, 0.15) is 16.2 Å². The van der Waals surface area contributed by atoms with Crippen molar-refractivity contribution in [2.75, 3.05) is 5.32 Å². The molecule has 1 aromatic heterocycles. The van der Waals surface area contributed by atoms with Gasteiger partial charge in [0.25, 0.3) is 0 Å². The van der Waals surface area contributed by atoms with Crippen LogP contribution in [0.2, 0.25) is 0 Å². The van der Waals surface area contributed by atoms with Crippen molar-refractivity contribution >= 4 is 21.7 Å². The average molecular weight is 300 g/mol. The number of nitrogens with one attached hydrogen (secondary N) is 1. The fourth-order valence-electron chi connectivity index (χ4n) is 1.89. The van der Waals surface area contributed by atoms with Crippen molar-refractivity contribution < 1.29 is 0 Å². The van der Waals surface area contributed by atoms with Crippen molar-refractivity contribution in [2.45, 2.75) is 53.0 Å². The zero-order chi connectivity index (χ0) is 12.8. The molecule has 0 amide bonds. The molecule has 3 nitrogen and oxygen atoms in total. The fraction of sp³-hybridized carbons (Fsp3) is 0.692. The third-order valence-electron chi connectivity index (χ3n) is 2.43. The summed E-state index contributed by atoms with van der Waals surface area (Å²) in [5.74, 6) is 2.52. The zero-order valence-corrected chi connectivity index (χ0v) is 12.7. The van der Waals surface area contributed by atoms with Crippen LogP contribution in [0.1, 0.15) is 46.4 Å². The maximum absolute atomic E-state index is 4.52. The van der Waals surface area contributed by atoms with Crippen molar-refractivity contribution in [1.82, 2.24) is 9.97 Å². The third-order valence-corrected chi connectivity index (χ3v) is 2.84. The van der Waals surface area contributed by atoms with Gasteiger partial charge in [-0.25, -0.2) is 9.97 Å². The minimum atomic E-state index is 0.436. The quantitative estimate of drug-likeness (QED) is 0.806. The molecule has 1 heterocycles. The number of halogens is 1. The van der Waals surface area contributed by atoms with E-state index in [4.69, 9.17) is 0 Å². The van der Waals surface area contributed by atoms with Crippen LogP contribution in [0.4, 0.5) is 5.82 Å². The molecule has 0 aliphatic heterocycles. The fourth-order valence-corrected chi connectivity index (χ4v) is 2.31. The maximum atomic E-state index is 4.52. The van der Waals surface area contributed by atoms with Crippen LogP contribution in [0.3, 0.4) is 0 Å². The molecule has 0 fully saturated rings. The highest BCUT2D eigenvalue weighted by Gasteiger charge is 2.07. The van der Waals surface area contributed by atoms with Gasteiger partial charge in [-0.1, -0.05) is 20.8 Å². The van der Waals surface area contributed by atoms with Gasteiger partial charge in [-0.2, -0.15) is 0 Å². The Morgan fingerprint density at radius 3 is 2.59 bits per heavy atom. The van der Waals surface area contributed by atoms with Gasteiger partial charge in [0, 0.05) is 18.5 Å². The smallest absolute Gasteiger partial charge is 0.132 e. The van der Waals surface area contributed by atoms with Crippen LogP contribution < -0.4 is 5.32 Å². The molecule has 4 heteroatoms. The minimum absolute atomic E-state index is 0.436. The first-order chi connectivity index (χ1) is 8.01. The van der Waals surface area contributed by atoms with Crippen LogP contribution >= 0.6 is 15.9 Å². The van der Waals surface area contributed by atoms with Gasteiger partial charge in [0.2, 0.25) is 0 Å². The Kier molecular flexibility index (Phi) is 5.89. The molecule has 1 atom stereocenters. The Bertz CT molecular complexity index is 353. The van der Waals surface area contributed by atoms with E-state index in [-0.39, 0.29) is 0 Å². The highest BCUT2D eigenvalue weighted by atomic mass is 79.9. The lowest BCUT2D eigenvalue weighted by Gasteiger charge is -2.17. The SMILES string of the molecule is CCCc1nc(Br)cc(NC(C)CC(C)C)n1. The topological polar surface area (TPSA) is 37.8 Å². The molecule has 1 N–H and O–H groups in total. The Morgan fingerprint density at radius 2 is 2.00 bits per heavy atom. The molecule has 0 bridgehead atoms. The first-order valence-electron chi connectivity index (χ1n) is 6.31. The second-order valence-electron chi connectivity index (χ2n) is 4.92. The lowest BCUT2D eigenvalue weighted by atomic mass is 10.1. The molecule has 96 valence electrons. The second-order valence-corrected chi connectivity index (χ2v) is 5.73. The Hall–Kier alpha value is -0.640. The van der Waals surface area contributed by atoms with E-state index in [1.165, 1.54) is 0 Å². The number of aryl methyl sites for hydroxylation is 1. The van der Waals surface area contributed by atoms with E-state index in [0.29, 0.717) is 12.0 Å². The van der Waals surface area contributed by atoms with Crippen molar-refractivity contribution in [2.24, 2.45) is 5.92 Å². The summed E-state index contributed by atoms with van der Waals surface area (Å²) in [7, 11) is 0. The summed E-state index contributed by atoms with van der Waals surface area (Å²) in [5, 5.41) is 3.43. The van der Waals surface area contributed by atoms with Gasteiger partial charge in [0.15, 0.2) is 0 Å². The van der Waals surface area contributed by atoms with Crippen molar-refractivity contribution in [3.05, 3.63) is 16.5 Å². The number of aromatic nitrogens is 2. The van der Waals surface area contributed by atoms with Crippen LogP contribution in [0.5, 0.6) is 0 Å². The van der Waals surface area contributed by atoms with Gasteiger partial charge in [-0.15, -0.1) is 0 Å². The number of nitrogens with zero attached hydrogens (tertiary/aromatic N) is 2. The number of rotatable bonds is 6. The summed E-state index contributed by atoms with van der Waals surface area (Å²) in [5.41, 5.74) is 0. The largest absolute Gasteiger partial charge is 0.367 e. The maximum Gasteiger partial charge on any atom is 0.132 e. The number of hydrogen-bond donors (Lipinski definition) is 1. The molecule has 1 rings (SSSR count). The molecule has 0 saturated heterocycles. The summed E-state index contributed by atoms with van der Waals surface area (Å²) in [6, 6.07) is 2.38. The summed E-state index contributed by atoms with van der Waals surface area (Å²) in [6.45, 7) is 8.79.